The van der Waals surface area contributed by atoms with Gasteiger partial charge >= 0.3 is 18.0 Å². The van der Waals surface area contributed by atoms with Crippen LogP contribution in [0.1, 0.15) is 19.4 Å². The van der Waals surface area contributed by atoms with E-state index in [9.17, 15) is 19.2 Å². The van der Waals surface area contributed by atoms with E-state index in [4.69, 9.17) is 14.6 Å². The van der Waals surface area contributed by atoms with Gasteiger partial charge in [-0.2, -0.15) is 0 Å². The zero-order valence-electron chi connectivity index (χ0n) is 14.1. The Hall–Kier alpha value is -3.10. The van der Waals surface area contributed by atoms with Gasteiger partial charge in [0.1, 0.15) is 0 Å². The number of carbonyl (C=O) groups excluding carboxylic acids is 3. The summed E-state index contributed by atoms with van der Waals surface area (Å²) in [4.78, 5) is 46.9. The standard InChI is InChI=1S/C16H20N2O7/c1-4-24-14(20)12(15(21)25-5-2)13(19)18-11-8-10(17-16(22)23)7-6-9(11)3/h6-8,12,17H,4-5H2,1-3H3,(H,18,19)(H,22,23). The largest absolute Gasteiger partial charge is 0.465 e. The van der Waals surface area contributed by atoms with Gasteiger partial charge in [0.25, 0.3) is 0 Å². The van der Waals surface area contributed by atoms with Crippen LogP contribution in [0.25, 0.3) is 0 Å². The highest BCUT2D eigenvalue weighted by atomic mass is 16.6. The molecule has 0 aliphatic carbocycles. The summed E-state index contributed by atoms with van der Waals surface area (Å²) < 4.78 is 9.49. The van der Waals surface area contributed by atoms with E-state index >= 15 is 0 Å². The van der Waals surface area contributed by atoms with E-state index in [1.165, 1.54) is 12.1 Å². The fourth-order valence-electron chi connectivity index (χ4n) is 1.92. The molecule has 1 aromatic carbocycles. The second-order valence-electron chi connectivity index (χ2n) is 4.89. The molecule has 0 unspecified atom stereocenters. The Kier molecular flexibility index (Phi) is 7.39. The summed E-state index contributed by atoms with van der Waals surface area (Å²) in [5, 5.41) is 13.3. The minimum Gasteiger partial charge on any atom is -0.465 e. The maximum absolute atomic E-state index is 12.4. The van der Waals surface area contributed by atoms with Crippen LogP contribution in [0.3, 0.4) is 0 Å². The van der Waals surface area contributed by atoms with Crippen molar-refractivity contribution < 1.29 is 33.8 Å². The van der Waals surface area contributed by atoms with Crippen LogP contribution in [0.2, 0.25) is 0 Å². The topological polar surface area (TPSA) is 131 Å². The fraction of sp³-hybridized carbons (Fsp3) is 0.375. The van der Waals surface area contributed by atoms with Crippen LogP contribution < -0.4 is 10.6 Å². The van der Waals surface area contributed by atoms with Crippen LogP contribution in [0.15, 0.2) is 18.2 Å². The molecule has 0 radical (unpaired) electrons. The Balaban J connectivity index is 3.04. The van der Waals surface area contributed by atoms with E-state index in [0.717, 1.165) is 0 Å². The van der Waals surface area contributed by atoms with Gasteiger partial charge in [0.05, 0.1) is 13.2 Å². The van der Waals surface area contributed by atoms with Crippen LogP contribution in [0.4, 0.5) is 16.2 Å². The summed E-state index contributed by atoms with van der Waals surface area (Å²) in [6, 6.07) is 4.45. The van der Waals surface area contributed by atoms with Crippen molar-refractivity contribution in [2.45, 2.75) is 20.8 Å². The van der Waals surface area contributed by atoms with Gasteiger partial charge in [0.15, 0.2) is 0 Å². The predicted octanol–water partition coefficient (Wildman–Crippen LogP) is 1.77. The second kappa shape index (κ2) is 9.26. The van der Waals surface area contributed by atoms with Crippen molar-refractivity contribution in [2.24, 2.45) is 5.92 Å². The van der Waals surface area contributed by atoms with Gasteiger partial charge in [-0.3, -0.25) is 19.7 Å². The molecule has 9 heteroatoms. The van der Waals surface area contributed by atoms with Gasteiger partial charge in [-0.1, -0.05) is 6.07 Å². The fourth-order valence-corrected chi connectivity index (χ4v) is 1.92. The molecule has 3 N–H and O–H groups in total. The van der Waals surface area contributed by atoms with Gasteiger partial charge < -0.3 is 19.9 Å². The van der Waals surface area contributed by atoms with Crippen LogP contribution in [0.5, 0.6) is 0 Å². The number of carbonyl (C=O) groups is 4. The minimum absolute atomic E-state index is 0.000930. The van der Waals surface area contributed by atoms with Crippen molar-refractivity contribution in [3.05, 3.63) is 23.8 Å². The number of amides is 2. The molecule has 1 aromatic rings. The van der Waals surface area contributed by atoms with Gasteiger partial charge in [0.2, 0.25) is 11.8 Å². The molecular formula is C16H20N2O7. The van der Waals surface area contributed by atoms with Gasteiger partial charge in [-0.15, -0.1) is 0 Å². The Labute approximate surface area is 144 Å². The number of carboxylic acid groups (broad SMARTS) is 1. The summed E-state index contributed by atoms with van der Waals surface area (Å²) >= 11 is 0. The first-order valence-corrected chi connectivity index (χ1v) is 7.54. The first-order chi connectivity index (χ1) is 11.8. The summed E-state index contributed by atoms with van der Waals surface area (Å²) in [6.45, 7) is 4.76. The molecule has 0 fully saturated rings. The van der Waals surface area contributed by atoms with Crippen LogP contribution in [-0.4, -0.2) is 42.3 Å². The maximum Gasteiger partial charge on any atom is 0.409 e. The lowest BCUT2D eigenvalue weighted by Gasteiger charge is -2.16. The Bertz CT molecular complexity index is 654. The number of hydrogen-bond donors (Lipinski definition) is 3. The lowest BCUT2D eigenvalue weighted by molar-refractivity contribution is -0.163. The first-order valence-electron chi connectivity index (χ1n) is 7.54. The first kappa shape index (κ1) is 19.9. The molecule has 0 aromatic heterocycles. The Morgan fingerprint density at radius 3 is 2.08 bits per heavy atom. The van der Waals surface area contributed by atoms with Crippen molar-refractivity contribution in [2.75, 3.05) is 23.8 Å². The predicted molar refractivity (Wildman–Crippen MR) is 88.2 cm³/mol. The molecule has 0 saturated carbocycles. The van der Waals surface area contributed by atoms with Gasteiger partial charge in [-0.05, 0) is 38.5 Å². The Morgan fingerprint density at radius 2 is 1.60 bits per heavy atom. The van der Waals surface area contributed by atoms with E-state index in [1.54, 1.807) is 26.8 Å². The third kappa shape index (κ3) is 5.79. The Morgan fingerprint density at radius 1 is 1.04 bits per heavy atom. The maximum atomic E-state index is 12.4. The third-order valence-electron chi connectivity index (χ3n) is 3.05. The minimum atomic E-state index is -1.77. The number of hydrogen-bond acceptors (Lipinski definition) is 6. The number of rotatable bonds is 7. The summed E-state index contributed by atoms with van der Waals surface area (Å²) in [5.74, 6) is -4.73. The van der Waals surface area contributed by atoms with Crippen LogP contribution in [-0.2, 0) is 23.9 Å². The van der Waals surface area contributed by atoms with Gasteiger partial charge in [-0.25, -0.2) is 4.79 Å². The molecule has 1 rings (SSSR count). The molecular weight excluding hydrogens is 332 g/mol. The lowest BCUT2D eigenvalue weighted by Crippen LogP contribution is -2.38. The molecule has 9 nitrogen and oxygen atoms in total. The summed E-state index contributed by atoms with van der Waals surface area (Å²) in [6.07, 6.45) is -1.27. The molecule has 2 amide bonds. The van der Waals surface area contributed by atoms with E-state index in [2.05, 4.69) is 10.6 Å². The number of benzene rings is 1. The highest BCUT2D eigenvalue weighted by molar-refractivity contribution is 6.18. The highest BCUT2D eigenvalue weighted by Gasteiger charge is 2.37. The second-order valence-corrected chi connectivity index (χ2v) is 4.89. The van der Waals surface area contributed by atoms with Crippen molar-refractivity contribution >= 4 is 35.3 Å². The quantitative estimate of drug-likeness (QED) is 0.503. The number of ether oxygens (including phenoxy) is 2. The normalized spacial score (nSPS) is 10.1. The molecule has 0 aliphatic rings. The van der Waals surface area contributed by atoms with Crippen molar-refractivity contribution in [3.63, 3.8) is 0 Å². The summed E-state index contributed by atoms with van der Waals surface area (Å²) in [5.41, 5.74) is 1.07. The van der Waals surface area contributed by atoms with Crippen molar-refractivity contribution in [3.8, 4) is 0 Å². The average molecular weight is 352 g/mol. The third-order valence-corrected chi connectivity index (χ3v) is 3.05. The van der Waals surface area contributed by atoms with Crippen molar-refractivity contribution in [1.29, 1.82) is 0 Å². The SMILES string of the molecule is CCOC(=O)C(C(=O)Nc1cc(NC(=O)O)ccc1C)C(=O)OCC. The van der Waals surface area contributed by atoms with E-state index in [1.807, 2.05) is 0 Å². The molecule has 0 saturated heterocycles. The molecule has 0 spiro atoms. The molecule has 0 aliphatic heterocycles. The van der Waals surface area contributed by atoms with E-state index in [0.29, 0.717) is 5.56 Å². The lowest BCUT2D eigenvalue weighted by atomic mass is 10.1. The zero-order chi connectivity index (χ0) is 19.0. The highest BCUT2D eigenvalue weighted by Crippen LogP contribution is 2.21. The number of aryl methyl sites for hydroxylation is 1. The monoisotopic (exact) mass is 352 g/mol. The van der Waals surface area contributed by atoms with Crippen LogP contribution in [0, 0.1) is 12.8 Å². The molecule has 136 valence electrons. The molecule has 0 bridgehead atoms. The van der Waals surface area contributed by atoms with E-state index in [-0.39, 0.29) is 24.6 Å². The smallest absolute Gasteiger partial charge is 0.409 e. The molecule has 0 atom stereocenters. The number of nitrogens with one attached hydrogen (secondary N) is 2. The van der Waals surface area contributed by atoms with Gasteiger partial charge in [0, 0.05) is 11.4 Å². The summed E-state index contributed by atoms with van der Waals surface area (Å²) in [7, 11) is 0. The number of anilines is 2. The molecule has 0 heterocycles. The average Bonchev–Trinajstić information content (AvgIpc) is 2.50. The number of esters is 2. The van der Waals surface area contributed by atoms with Crippen LogP contribution >= 0.6 is 0 Å². The van der Waals surface area contributed by atoms with E-state index < -0.39 is 29.9 Å². The van der Waals surface area contributed by atoms with Crippen molar-refractivity contribution in [1.82, 2.24) is 0 Å². The zero-order valence-corrected chi connectivity index (χ0v) is 14.1. The molecule has 25 heavy (non-hydrogen) atoms.